The van der Waals surface area contributed by atoms with E-state index < -0.39 is 5.97 Å². The van der Waals surface area contributed by atoms with Gasteiger partial charge in [-0.1, -0.05) is 22.9 Å². The summed E-state index contributed by atoms with van der Waals surface area (Å²) >= 11 is 7.30. The first kappa shape index (κ1) is 16.0. The van der Waals surface area contributed by atoms with Gasteiger partial charge in [0.25, 0.3) is 0 Å². The predicted molar refractivity (Wildman–Crippen MR) is 93.7 cm³/mol. The fourth-order valence-electron chi connectivity index (χ4n) is 2.66. The second kappa shape index (κ2) is 6.45. The maximum atomic E-state index is 11.7. The Kier molecular flexibility index (Phi) is 4.14. The van der Waals surface area contributed by atoms with E-state index in [1.165, 1.54) is 18.4 Å². The van der Waals surface area contributed by atoms with E-state index in [4.69, 9.17) is 16.3 Å². The molecule has 0 unspecified atom stereocenters. The van der Waals surface area contributed by atoms with Crippen LogP contribution in [0.3, 0.4) is 0 Å². The molecule has 0 bridgehead atoms. The number of carbonyl (C=O) groups excluding carboxylic acids is 1. The van der Waals surface area contributed by atoms with Crippen molar-refractivity contribution in [1.82, 2.24) is 24.8 Å². The summed E-state index contributed by atoms with van der Waals surface area (Å²) in [6.45, 7) is 3.08. The van der Waals surface area contributed by atoms with Crippen LogP contribution in [-0.2, 0) is 4.74 Å². The standard InChI is InChI=1S/C14H14ClN7O2S/c1-24-13(23)11-12(15)17-14(25-11)21-6-4-20(5-7-21)10-3-2-9-18-16-8-22(9)19-10/h2-3,8H,4-7H2,1H3. The fraction of sp³-hybridized carbons (Fsp3) is 0.357. The van der Waals surface area contributed by atoms with Gasteiger partial charge in [0.15, 0.2) is 20.8 Å². The van der Waals surface area contributed by atoms with E-state index in [0.29, 0.717) is 4.88 Å². The minimum Gasteiger partial charge on any atom is -0.465 e. The van der Waals surface area contributed by atoms with Crippen LogP contribution in [0, 0.1) is 0 Å². The number of fused-ring (bicyclic) bond motifs is 1. The van der Waals surface area contributed by atoms with Crippen molar-refractivity contribution >= 4 is 45.5 Å². The van der Waals surface area contributed by atoms with Crippen molar-refractivity contribution in [2.75, 3.05) is 43.1 Å². The number of hydrogen-bond acceptors (Lipinski definition) is 9. The Morgan fingerprint density at radius 1 is 1.24 bits per heavy atom. The third-order valence-electron chi connectivity index (χ3n) is 3.97. The van der Waals surface area contributed by atoms with Gasteiger partial charge in [-0.05, 0) is 12.1 Å². The lowest BCUT2D eigenvalue weighted by molar-refractivity contribution is 0.0606. The van der Waals surface area contributed by atoms with Crippen LogP contribution in [0.25, 0.3) is 5.65 Å². The van der Waals surface area contributed by atoms with Crippen molar-refractivity contribution in [3.8, 4) is 0 Å². The molecule has 0 aliphatic carbocycles. The quantitative estimate of drug-likeness (QED) is 0.630. The monoisotopic (exact) mass is 379 g/mol. The first-order valence-corrected chi connectivity index (χ1v) is 8.77. The van der Waals surface area contributed by atoms with Crippen LogP contribution in [0.1, 0.15) is 9.67 Å². The molecule has 1 aliphatic rings. The molecule has 9 nitrogen and oxygen atoms in total. The highest BCUT2D eigenvalue weighted by Gasteiger charge is 2.24. The molecule has 0 atom stereocenters. The minimum absolute atomic E-state index is 0.189. The van der Waals surface area contributed by atoms with Gasteiger partial charge in [-0.3, -0.25) is 0 Å². The molecule has 1 fully saturated rings. The first-order chi connectivity index (χ1) is 12.2. The van der Waals surface area contributed by atoms with Gasteiger partial charge in [0, 0.05) is 26.2 Å². The molecule has 11 heteroatoms. The Hall–Kier alpha value is -2.46. The van der Waals surface area contributed by atoms with Crippen LogP contribution in [0.5, 0.6) is 0 Å². The lowest BCUT2D eigenvalue weighted by atomic mass is 10.3. The maximum absolute atomic E-state index is 11.7. The lowest BCUT2D eigenvalue weighted by Gasteiger charge is -2.35. The number of esters is 1. The molecule has 4 heterocycles. The van der Waals surface area contributed by atoms with Gasteiger partial charge in [0.1, 0.15) is 12.1 Å². The topological polar surface area (TPSA) is 88.8 Å². The molecule has 0 spiro atoms. The molecule has 0 N–H and O–H groups in total. The predicted octanol–water partition coefficient (Wildman–Crippen LogP) is 1.35. The van der Waals surface area contributed by atoms with Crippen LogP contribution in [0.2, 0.25) is 5.15 Å². The largest absolute Gasteiger partial charge is 0.465 e. The van der Waals surface area contributed by atoms with Crippen molar-refractivity contribution in [3.05, 3.63) is 28.5 Å². The zero-order valence-corrected chi connectivity index (χ0v) is 14.9. The van der Waals surface area contributed by atoms with E-state index in [-0.39, 0.29) is 5.15 Å². The summed E-state index contributed by atoms with van der Waals surface area (Å²) in [6.07, 6.45) is 1.58. The Labute approximate surface area is 151 Å². The summed E-state index contributed by atoms with van der Waals surface area (Å²) in [6, 6.07) is 3.83. The highest BCUT2D eigenvalue weighted by molar-refractivity contribution is 7.18. The van der Waals surface area contributed by atoms with Gasteiger partial charge < -0.3 is 14.5 Å². The normalized spacial score (nSPS) is 15.0. The summed E-state index contributed by atoms with van der Waals surface area (Å²) in [7, 11) is 1.33. The van der Waals surface area contributed by atoms with Crippen molar-refractivity contribution < 1.29 is 9.53 Å². The Morgan fingerprint density at radius 3 is 2.76 bits per heavy atom. The Bertz CT molecular complexity index is 919. The molecule has 0 aromatic carbocycles. The molecular formula is C14H14ClN7O2S. The Balaban J connectivity index is 1.47. The highest BCUT2D eigenvalue weighted by Crippen LogP contribution is 2.31. The molecule has 0 radical (unpaired) electrons. The summed E-state index contributed by atoms with van der Waals surface area (Å²) < 4.78 is 6.38. The van der Waals surface area contributed by atoms with Crippen molar-refractivity contribution in [2.24, 2.45) is 0 Å². The van der Waals surface area contributed by atoms with E-state index in [1.807, 2.05) is 12.1 Å². The van der Waals surface area contributed by atoms with Crippen molar-refractivity contribution in [1.29, 1.82) is 0 Å². The molecule has 0 amide bonds. The van der Waals surface area contributed by atoms with Crippen LogP contribution < -0.4 is 9.80 Å². The van der Waals surface area contributed by atoms with E-state index >= 15 is 0 Å². The maximum Gasteiger partial charge on any atom is 0.351 e. The zero-order chi connectivity index (χ0) is 17.4. The number of methoxy groups -OCH3 is 1. The third-order valence-corrected chi connectivity index (χ3v) is 5.45. The third kappa shape index (κ3) is 2.98. The number of hydrogen-bond donors (Lipinski definition) is 0. The van der Waals surface area contributed by atoms with E-state index in [9.17, 15) is 4.79 Å². The van der Waals surface area contributed by atoms with Gasteiger partial charge in [-0.2, -0.15) is 4.52 Å². The smallest absolute Gasteiger partial charge is 0.351 e. The molecule has 1 saturated heterocycles. The highest BCUT2D eigenvalue weighted by atomic mass is 35.5. The van der Waals surface area contributed by atoms with Gasteiger partial charge >= 0.3 is 5.97 Å². The summed E-state index contributed by atoms with van der Waals surface area (Å²) in [5, 5.41) is 13.2. The number of piperazine rings is 1. The molecule has 130 valence electrons. The molecule has 3 aromatic heterocycles. The number of carbonyl (C=O) groups is 1. The second-order valence-corrected chi connectivity index (χ2v) is 6.74. The average molecular weight is 380 g/mol. The summed E-state index contributed by atoms with van der Waals surface area (Å²) in [5.74, 6) is 0.415. The minimum atomic E-state index is -0.459. The molecular weight excluding hydrogens is 366 g/mol. The summed E-state index contributed by atoms with van der Waals surface area (Å²) in [5.41, 5.74) is 0.718. The number of aromatic nitrogens is 5. The van der Waals surface area contributed by atoms with Crippen LogP contribution in [0.4, 0.5) is 10.9 Å². The molecule has 0 saturated carbocycles. The fourth-order valence-corrected chi connectivity index (χ4v) is 3.91. The second-order valence-electron chi connectivity index (χ2n) is 5.41. The molecule has 3 aromatic rings. The SMILES string of the molecule is COC(=O)c1sc(N2CCN(c3ccc4nncn4n3)CC2)nc1Cl. The van der Waals surface area contributed by atoms with Gasteiger partial charge in [0.2, 0.25) is 0 Å². The van der Waals surface area contributed by atoms with Gasteiger partial charge in [-0.25, -0.2) is 9.78 Å². The van der Waals surface area contributed by atoms with Gasteiger partial charge in [-0.15, -0.1) is 15.3 Å². The average Bonchev–Trinajstić information content (AvgIpc) is 3.27. The number of thiazole rings is 1. The molecule has 1 aliphatic heterocycles. The zero-order valence-electron chi connectivity index (χ0n) is 13.3. The lowest BCUT2D eigenvalue weighted by Crippen LogP contribution is -2.46. The molecule has 25 heavy (non-hydrogen) atoms. The van der Waals surface area contributed by atoms with E-state index in [1.54, 1.807) is 10.8 Å². The number of nitrogens with zero attached hydrogens (tertiary/aromatic N) is 7. The molecule has 4 rings (SSSR count). The van der Waals surface area contributed by atoms with Crippen LogP contribution in [0.15, 0.2) is 18.5 Å². The van der Waals surface area contributed by atoms with Crippen LogP contribution in [-0.4, -0.2) is 64.1 Å². The number of rotatable bonds is 3. The van der Waals surface area contributed by atoms with Gasteiger partial charge in [0.05, 0.1) is 7.11 Å². The van der Waals surface area contributed by atoms with E-state index in [2.05, 4.69) is 30.1 Å². The Morgan fingerprint density at radius 2 is 2.00 bits per heavy atom. The van der Waals surface area contributed by atoms with Crippen molar-refractivity contribution in [3.63, 3.8) is 0 Å². The van der Waals surface area contributed by atoms with Crippen molar-refractivity contribution in [2.45, 2.75) is 0 Å². The number of halogens is 1. The van der Waals surface area contributed by atoms with Crippen LogP contribution >= 0.6 is 22.9 Å². The first-order valence-electron chi connectivity index (χ1n) is 7.57. The number of anilines is 2. The van der Waals surface area contributed by atoms with E-state index in [0.717, 1.165) is 42.8 Å². The number of ether oxygens (including phenoxy) is 1. The summed E-state index contributed by atoms with van der Waals surface area (Å²) in [4.78, 5) is 20.6.